The molecule has 0 aromatic heterocycles. The smallest absolute Gasteiger partial charge is 0.244 e. The molecular weight excluding hydrogens is 318 g/mol. The van der Waals surface area contributed by atoms with Gasteiger partial charge in [-0.15, -0.1) is 0 Å². The molecule has 1 aliphatic rings. The Morgan fingerprint density at radius 1 is 1.19 bits per heavy atom. The molecule has 26 heavy (non-hydrogen) atoms. The Bertz CT molecular complexity index is 627. The third-order valence-corrected chi connectivity index (χ3v) is 4.96. The topological polar surface area (TPSA) is 29.1 Å². The van der Waals surface area contributed by atoms with Gasteiger partial charge in [0.15, 0.2) is 0 Å². The number of amides is 1. The Morgan fingerprint density at radius 2 is 1.92 bits per heavy atom. The summed E-state index contributed by atoms with van der Waals surface area (Å²) in [5.41, 5.74) is 5.45. The highest BCUT2D eigenvalue weighted by atomic mass is 16.1. The predicted molar refractivity (Wildman–Crippen MR) is 114 cm³/mol. The standard InChI is InChI=1S/C24H37NO/c1-7-8-17-25-23(26)18-20(3)12-9-11-19(2)14-15-22-21(4)13-10-16-24(22,5)6/h9,11-12,14-15,18H,7-8,10,13,16-17H2,1-6H3,(H,25,26). The van der Waals surface area contributed by atoms with Crippen LogP contribution in [0.5, 0.6) is 0 Å². The van der Waals surface area contributed by atoms with Crippen molar-refractivity contribution in [2.45, 2.75) is 73.6 Å². The quantitative estimate of drug-likeness (QED) is 0.303. The molecule has 144 valence electrons. The Labute approximate surface area is 160 Å². The van der Waals surface area contributed by atoms with Gasteiger partial charge in [0.25, 0.3) is 0 Å². The molecule has 1 N–H and O–H groups in total. The second kappa shape index (κ2) is 11.0. The normalized spacial score (nSPS) is 18.8. The molecule has 0 aromatic rings. The van der Waals surface area contributed by atoms with E-state index < -0.39 is 0 Å². The molecule has 0 saturated heterocycles. The first-order chi connectivity index (χ1) is 12.3. The van der Waals surface area contributed by atoms with Crippen molar-refractivity contribution in [1.82, 2.24) is 5.32 Å². The van der Waals surface area contributed by atoms with E-state index in [1.807, 2.05) is 19.1 Å². The van der Waals surface area contributed by atoms with Gasteiger partial charge in [0.05, 0.1) is 0 Å². The summed E-state index contributed by atoms with van der Waals surface area (Å²) < 4.78 is 0. The zero-order chi connectivity index (χ0) is 19.6. The molecule has 0 heterocycles. The summed E-state index contributed by atoms with van der Waals surface area (Å²) >= 11 is 0. The number of allylic oxidation sites excluding steroid dienone is 9. The largest absolute Gasteiger partial charge is 0.353 e. The van der Waals surface area contributed by atoms with Gasteiger partial charge >= 0.3 is 0 Å². The Kier molecular flexibility index (Phi) is 9.40. The predicted octanol–water partition coefficient (Wildman–Crippen LogP) is 6.43. The minimum Gasteiger partial charge on any atom is -0.353 e. The number of rotatable bonds is 8. The van der Waals surface area contributed by atoms with Gasteiger partial charge in [0, 0.05) is 12.6 Å². The van der Waals surface area contributed by atoms with Crippen molar-refractivity contribution in [2.75, 3.05) is 6.54 Å². The molecule has 1 aliphatic carbocycles. The first kappa shape index (κ1) is 22.2. The van der Waals surface area contributed by atoms with Gasteiger partial charge < -0.3 is 5.32 Å². The Balaban J connectivity index is 2.64. The number of hydrogen-bond acceptors (Lipinski definition) is 1. The molecule has 0 aromatic carbocycles. The molecule has 2 nitrogen and oxygen atoms in total. The van der Waals surface area contributed by atoms with Crippen LogP contribution in [0.25, 0.3) is 0 Å². The van der Waals surface area contributed by atoms with Crippen molar-refractivity contribution in [1.29, 1.82) is 0 Å². The molecule has 0 radical (unpaired) electrons. The summed E-state index contributed by atoms with van der Waals surface area (Å²) in [6.07, 6.45) is 18.1. The highest BCUT2D eigenvalue weighted by Crippen LogP contribution is 2.40. The van der Waals surface area contributed by atoms with Crippen molar-refractivity contribution in [3.05, 3.63) is 58.7 Å². The van der Waals surface area contributed by atoms with Gasteiger partial charge in [-0.1, -0.05) is 68.7 Å². The number of unbranched alkanes of at least 4 members (excludes halogenated alkanes) is 1. The molecule has 2 heteroatoms. The monoisotopic (exact) mass is 355 g/mol. The lowest BCUT2D eigenvalue weighted by atomic mass is 9.72. The number of carbonyl (C=O) groups excluding carboxylic acids is 1. The molecule has 0 fully saturated rings. The maximum atomic E-state index is 11.7. The lowest BCUT2D eigenvalue weighted by Crippen LogP contribution is -2.22. The Morgan fingerprint density at radius 3 is 2.58 bits per heavy atom. The van der Waals surface area contributed by atoms with Crippen LogP contribution >= 0.6 is 0 Å². The van der Waals surface area contributed by atoms with Crippen molar-refractivity contribution in [3.63, 3.8) is 0 Å². The minimum absolute atomic E-state index is 0.0110. The molecular formula is C24H37NO. The molecule has 0 aliphatic heterocycles. The van der Waals surface area contributed by atoms with Crippen LogP contribution in [0.2, 0.25) is 0 Å². The van der Waals surface area contributed by atoms with Crippen molar-refractivity contribution in [3.8, 4) is 0 Å². The second-order valence-electron chi connectivity index (χ2n) is 8.07. The van der Waals surface area contributed by atoms with Crippen LogP contribution < -0.4 is 5.32 Å². The maximum Gasteiger partial charge on any atom is 0.244 e. The van der Waals surface area contributed by atoms with Crippen LogP contribution in [0.15, 0.2) is 58.7 Å². The van der Waals surface area contributed by atoms with Gasteiger partial charge in [0.1, 0.15) is 0 Å². The average molecular weight is 356 g/mol. The van der Waals surface area contributed by atoms with E-state index in [1.54, 1.807) is 6.08 Å². The summed E-state index contributed by atoms with van der Waals surface area (Å²) in [5, 5.41) is 2.90. The lowest BCUT2D eigenvalue weighted by Gasteiger charge is -2.32. The first-order valence-electron chi connectivity index (χ1n) is 9.95. The van der Waals surface area contributed by atoms with E-state index in [1.165, 1.54) is 36.0 Å². The molecule has 1 rings (SSSR count). The van der Waals surface area contributed by atoms with Gasteiger partial charge in [-0.05, 0) is 63.0 Å². The van der Waals surface area contributed by atoms with E-state index >= 15 is 0 Å². The molecule has 0 saturated carbocycles. The highest BCUT2D eigenvalue weighted by Gasteiger charge is 2.26. The highest BCUT2D eigenvalue weighted by molar-refractivity contribution is 5.88. The fraction of sp³-hybridized carbons (Fsp3) is 0.542. The van der Waals surface area contributed by atoms with Crippen LogP contribution in [0.3, 0.4) is 0 Å². The zero-order valence-electron chi connectivity index (χ0n) is 17.6. The van der Waals surface area contributed by atoms with Crippen molar-refractivity contribution >= 4 is 5.91 Å². The maximum absolute atomic E-state index is 11.7. The number of carbonyl (C=O) groups is 1. The molecule has 1 amide bonds. The lowest BCUT2D eigenvalue weighted by molar-refractivity contribution is -0.116. The minimum atomic E-state index is -0.0110. The zero-order valence-corrected chi connectivity index (χ0v) is 17.6. The molecule has 0 unspecified atom stereocenters. The van der Waals surface area contributed by atoms with E-state index in [4.69, 9.17) is 0 Å². The summed E-state index contributed by atoms with van der Waals surface area (Å²) in [6.45, 7) is 13.9. The first-order valence-corrected chi connectivity index (χ1v) is 9.95. The second-order valence-corrected chi connectivity index (χ2v) is 8.07. The van der Waals surface area contributed by atoms with Gasteiger partial charge in [-0.25, -0.2) is 0 Å². The molecule has 0 spiro atoms. The van der Waals surface area contributed by atoms with E-state index in [0.717, 1.165) is 25.0 Å². The fourth-order valence-electron chi connectivity index (χ4n) is 3.33. The molecule has 0 bridgehead atoms. The van der Waals surface area contributed by atoms with Crippen LogP contribution in [0.4, 0.5) is 0 Å². The van der Waals surface area contributed by atoms with E-state index in [2.05, 4.69) is 58.2 Å². The third-order valence-electron chi connectivity index (χ3n) is 4.96. The van der Waals surface area contributed by atoms with E-state index in [9.17, 15) is 4.79 Å². The van der Waals surface area contributed by atoms with Gasteiger partial charge in [0.2, 0.25) is 5.91 Å². The number of nitrogens with one attached hydrogen (secondary N) is 1. The van der Waals surface area contributed by atoms with Crippen LogP contribution in [-0.2, 0) is 4.79 Å². The van der Waals surface area contributed by atoms with Crippen LogP contribution in [0.1, 0.15) is 73.6 Å². The third kappa shape index (κ3) is 8.03. The molecule has 0 atom stereocenters. The summed E-state index contributed by atoms with van der Waals surface area (Å²) in [7, 11) is 0. The van der Waals surface area contributed by atoms with Crippen LogP contribution in [0, 0.1) is 5.41 Å². The number of hydrogen-bond donors (Lipinski definition) is 1. The average Bonchev–Trinajstić information content (AvgIpc) is 2.54. The van der Waals surface area contributed by atoms with Crippen molar-refractivity contribution in [2.24, 2.45) is 5.41 Å². The SMILES string of the molecule is CCCCNC(=O)C=C(C)C=CC=C(C)C=CC1=C(C)CCCC1(C)C. The van der Waals surface area contributed by atoms with Crippen LogP contribution in [-0.4, -0.2) is 12.5 Å². The van der Waals surface area contributed by atoms with Gasteiger partial charge in [-0.3, -0.25) is 4.79 Å². The van der Waals surface area contributed by atoms with Crippen molar-refractivity contribution < 1.29 is 4.79 Å². The van der Waals surface area contributed by atoms with E-state index in [0.29, 0.717) is 0 Å². The van der Waals surface area contributed by atoms with Gasteiger partial charge in [-0.2, -0.15) is 0 Å². The summed E-state index contributed by atoms with van der Waals surface area (Å²) in [5.74, 6) is -0.0110. The summed E-state index contributed by atoms with van der Waals surface area (Å²) in [6, 6.07) is 0. The Hall–Kier alpha value is -1.83. The van der Waals surface area contributed by atoms with E-state index in [-0.39, 0.29) is 11.3 Å². The summed E-state index contributed by atoms with van der Waals surface area (Å²) in [4.78, 5) is 11.7. The fourth-order valence-corrected chi connectivity index (χ4v) is 3.33.